The minimum absolute atomic E-state index is 0.103. The number of nitrogens with zero attached hydrogens (tertiary/aromatic N) is 3. The standard InChI is InChI=1S/C26H28N4O3/c1-4-14-30(17-23-28-29-26(33-23)22-11-8-15-32-22)24(20-9-6-5-7-10-20)25(31)27-21-16-18(2)12-13-19(21)3/h5-13,15-16,24H,4,14,17H2,1-3H3,(H,27,31)/t24-/m1/s1. The molecule has 7 nitrogen and oxygen atoms in total. The quantitative estimate of drug-likeness (QED) is 0.365. The summed E-state index contributed by atoms with van der Waals surface area (Å²) < 4.78 is 11.2. The van der Waals surface area contributed by atoms with E-state index in [1.807, 2.05) is 62.4 Å². The van der Waals surface area contributed by atoms with E-state index in [9.17, 15) is 4.79 Å². The van der Waals surface area contributed by atoms with Crippen LogP contribution >= 0.6 is 0 Å². The lowest BCUT2D eigenvalue weighted by atomic mass is 10.0. The van der Waals surface area contributed by atoms with Crippen LogP contribution in [0.15, 0.2) is 75.8 Å². The molecule has 0 bridgehead atoms. The van der Waals surface area contributed by atoms with Crippen molar-refractivity contribution in [3.63, 3.8) is 0 Å². The van der Waals surface area contributed by atoms with Crippen molar-refractivity contribution < 1.29 is 13.6 Å². The molecule has 0 spiro atoms. The van der Waals surface area contributed by atoms with Gasteiger partial charge in [-0.1, -0.05) is 49.4 Å². The lowest BCUT2D eigenvalue weighted by Crippen LogP contribution is -2.37. The van der Waals surface area contributed by atoms with Crippen molar-refractivity contribution in [2.24, 2.45) is 0 Å². The molecule has 0 fully saturated rings. The summed E-state index contributed by atoms with van der Waals surface area (Å²) in [4.78, 5) is 15.7. The van der Waals surface area contributed by atoms with E-state index in [0.29, 0.717) is 30.6 Å². The van der Waals surface area contributed by atoms with Crippen LogP contribution in [0, 0.1) is 13.8 Å². The number of furan rings is 1. The number of anilines is 1. The third kappa shape index (κ3) is 5.38. The van der Waals surface area contributed by atoms with Crippen LogP contribution in [0.5, 0.6) is 0 Å². The van der Waals surface area contributed by atoms with Crippen LogP contribution in [-0.2, 0) is 11.3 Å². The Balaban J connectivity index is 1.63. The largest absolute Gasteiger partial charge is 0.459 e. The van der Waals surface area contributed by atoms with Gasteiger partial charge in [-0.05, 0) is 61.7 Å². The predicted molar refractivity (Wildman–Crippen MR) is 126 cm³/mol. The molecule has 2 heterocycles. The van der Waals surface area contributed by atoms with Gasteiger partial charge in [-0.2, -0.15) is 0 Å². The normalized spacial score (nSPS) is 12.1. The fourth-order valence-electron chi connectivity index (χ4n) is 3.81. The Morgan fingerprint density at radius 1 is 1.06 bits per heavy atom. The lowest BCUT2D eigenvalue weighted by molar-refractivity contribution is -0.122. The van der Waals surface area contributed by atoms with Crippen LogP contribution in [0.1, 0.15) is 42.0 Å². The Morgan fingerprint density at radius 3 is 2.61 bits per heavy atom. The highest BCUT2D eigenvalue weighted by Gasteiger charge is 2.29. The summed E-state index contributed by atoms with van der Waals surface area (Å²) in [6.07, 6.45) is 2.42. The zero-order chi connectivity index (χ0) is 23.2. The molecule has 2 aromatic carbocycles. The minimum Gasteiger partial charge on any atom is -0.459 e. The monoisotopic (exact) mass is 444 g/mol. The number of hydrogen-bond donors (Lipinski definition) is 1. The molecule has 170 valence electrons. The van der Waals surface area contributed by atoms with Gasteiger partial charge in [-0.25, -0.2) is 0 Å². The van der Waals surface area contributed by atoms with E-state index in [2.05, 4.69) is 27.3 Å². The molecule has 0 saturated carbocycles. The highest BCUT2D eigenvalue weighted by atomic mass is 16.4. The summed E-state index contributed by atoms with van der Waals surface area (Å²) in [7, 11) is 0. The van der Waals surface area contributed by atoms with Crippen LogP contribution in [-0.4, -0.2) is 27.5 Å². The van der Waals surface area contributed by atoms with Crippen molar-refractivity contribution in [3.05, 3.63) is 89.5 Å². The Hall–Kier alpha value is -3.71. The average molecular weight is 445 g/mol. The predicted octanol–water partition coefficient (Wildman–Crippen LogP) is 5.54. The van der Waals surface area contributed by atoms with Gasteiger partial charge in [0, 0.05) is 5.69 Å². The van der Waals surface area contributed by atoms with Crippen LogP contribution in [0.4, 0.5) is 5.69 Å². The Kier molecular flexibility index (Phi) is 7.00. The van der Waals surface area contributed by atoms with E-state index in [1.54, 1.807) is 18.4 Å². The SMILES string of the molecule is CCCN(Cc1nnc(-c2ccco2)o1)[C@@H](C(=O)Nc1cc(C)ccc1C)c1ccccc1. The summed E-state index contributed by atoms with van der Waals surface area (Å²) >= 11 is 0. The number of hydrogen-bond acceptors (Lipinski definition) is 6. The van der Waals surface area contributed by atoms with E-state index in [1.165, 1.54) is 0 Å². The highest BCUT2D eigenvalue weighted by Crippen LogP contribution is 2.27. The second-order valence-corrected chi connectivity index (χ2v) is 8.07. The molecular weight excluding hydrogens is 416 g/mol. The molecule has 4 rings (SSSR count). The Morgan fingerprint density at radius 2 is 1.88 bits per heavy atom. The molecule has 0 aliphatic carbocycles. The molecule has 7 heteroatoms. The van der Waals surface area contributed by atoms with E-state index in [-0.39, 0.29) is 5.91 Å². The zero-order valence-corrected chi connectivity index (χ0v) is 19.1. The number of carbonyl (C=O) groups excluding carboxylic acids is 1. The van der Waals surface area contributed by atoms with Crippen molar-refractivity contribution in [2.45, 2.75) is 39.8 Å². The smallest absolute Gasteiger partial charge is 0.283 e. The maximum atomic E-state index is 13.6. The molecule has 4 aromatic rings. The van der Waals surface area contributed by atoms with E-state index < -0.39 is 6.04 Å². The first-order chi connectivity index (χ1) is 16.0. The van der Waals surface area contributed by atoms with Gasteiger partial charge in [0.2, 0.25) is 11.8 Å². The molecule has 0 saturated heterocycles. The number of nitrogens with one attached hydrogen (secondary N) is 1. The molecule has 0 unspecified atom stereocenters. The second-order valence-electron chi connectivity index (χ2n) is 8.07. The van der Waals surface area contributed by atoms with Crippen molar-refractivity contribution in [3.8, 4) is 11.7 Å². The molecule has 1 amide bonds. The van der Waals surface area contributed by atoms with Gasteiger partial charge < -0.3 is 14.2 Å². The molecule has 0 radical (unpaired) electrons. The highest BCUT2D eigenvalue weighted by molar-refractivity contribution is 5.96. The van der Waals surface area contributed by atoms with Gasteiger partial charge in [0.15, 0.2) is 5.76 Å². The van der Waals surface area contributed by atoms with Crippen LogP contribution in [0.2, 0.25) is 0 Å². The summed E-state index contributed by atoms with van der Waals surface area (Å²) in [5.41, 5.74) is 3.83. The third-order valence-electron chi connectivity index (χ3n) is 5.43. The van der Waals surface area contributed by atoms with Gasteiger partial charge in [0.25, 0.3) is 5.89 Å². The van der Waals surface area contributed by atoms with Crippen molar-refractivity contribution in [1.29, 1.82) is 0 Å². The molecule has 1 N–H and O–H groups in total. The topological polar surface area (TPSA) is 84.4 Å². The molecule has 2 aromatic heterocycles. The number of rotatable bonds is 9. The van der Waals surface area contributed by atoms with Crippen LogP contribution < -0.4 is 5.32 Å². The summed E-state index contributed by atoms with van der Waals surface area (Å²) in [5, 5.41) is 11.4. The number of amides is 1. The lowest BCUT2D eigenvalue weighted by Gasteiger charge is -2.30. The van der Waals surface area contributed by atoms with Gasteiger partial charge in [0.1, 0.15) is 6.04 Å². The molecule has 0 aliphatic rings. The van der Waals surface area contributed by atoms with E-state index in [0.717, 1.165) is 28.8 Å². The average Bonchev–Trinajstić information content (AvgIpc) is 3.49. The molecule has 1 atom stereocenters. The number of benzene rings is 2. The van der Waals surface area contributed by atoms with Gasteiger partial charge in [-0.3, -0.25) is 9.69 Å². The Labute approximate surface area is 193 Å². The number of aromatic nitrogens is 2. The zero-order valence-electron chi connectivity index (χ0n) is 19.1. The fourth-order valence-corrected chi connectivity index (χ4v) is 3.81. The number of aryl methyl sites for hydroxylation is 2. The summed E-state index contributed by atoms with van der Waals surface area (Å²) in [5.74, 6) is 1.16. The first-order valence-electron chi connectivity index (χ1n) is 11.1. The third-order valence-corrected chi connectivity index (χ3v) is 5.43. The minimum atomic E-state index is -0.523. The number of carbonyl (C=O) groups is 1. The fraction of sp³-hybridized carbons (Fsp3) is 0.269. The van der Waals surface area contributed by atoms with E-state index >= 15 is 0 Å². The molecular formula is C26H28N4O3. The maximum absolute atomic E-state index is 13.6. The molecule has 0 aliphatic heterocycles. The maximum Gasteiger partial charge on any atom is 0.283 e. The van der Waals surface area contributed by atoms with Gasteiger partial charge in [-0.15, -0.1) is 10.2 Å². The first kappa shape index (κ1) is 22.5. The second kappa shape index (κ2) is 10.3. The van der Waals surface area contributed by atoms with Crippen LogP contribution in [0.25, 0.3) is 11.7 Å². The Bertz CT molecular complexity index is 1190. The van der Waals surface area contributed by atoms with Crippen molar-refractivity contribution in [1.82, 2.24) is 15.1 Å². The van der Waals surface area contributed by atoms with E-state index in [4.69, 9.17) is 8.83 Å². The summed E-state index contributed by atoms with van der Waals surface area (Å²) in [6, 6.07) is 18.8. The summed E-state index contributed by atoms with van der Waals surface area (Å²) in [6.45, 7) is 7.10. The first-order valence-corrected chi connectivity index (χ1v) is 11.1. The van der Waals surface area contributed by atoms with Crippen molar-refractivity contribution >= 4 is 11.6 Å². The van der Waals surface area contributed by atoms with Crippen LogP contribution in [0.3, 0.4) is 0 Å². The van der Waals surface area contributed by atoms with Gasteiger partial charge in [0.05, 0.1) is 12.8 Å². The van der Waals surface area contributed by atoms with Crippen molar-refractivity contribution in [2.75, 3.05) is 11.9 Å². The van der Waals surface area contributed by atoms with Gasteiger partial charge >= 0.3 is 0 Å². The molecule has 33 heavy (non-hydrogen) atoms.